The largest absolute Gasteiger partial charge is 0.335 e. The van der Waals surface area contributed by atoms with Gasteiger partial charge in [0.05, 0.1) is 0 Å². The molecule has 1 aromatic carbocycles. The van der Waals surface area contributed by atoms with Gasteiger partial charge in [-0.15, -0.1) is 0 Å². The maximum absolute atomic E-state index is 12.6. The lowest BCUT2D eigenvalue weighted by molar-refractivity contribution is 0.0428. The Labute approximate surface area is 134 Å². The van der Waals surface area contributed by atoms with Crippen molar-refractivity contribution in [3.63, 3.8) is 0 Å². The third-order valence-corrected chi connectivity index (χ3v) is 4.52. The summed E-state index contributed by atoms with van der Waals surface area (Å²) in [7, 11) is 0. The van der Waals surface area contributed by atoms with Crippen molar-refractivity contribution in [1.82, 2.24) is 14.9 Å². The molecule has 0 atom stereocenters. The van der Waals surface area contributed by atoms with Gasteiger partial charge in [-0.05, 0) is 29.8 Å². The number of nitrogens with zero attached hydrogens (tertiary/aromatic N) is 3. The summed E-state index contributed by atoms with van der Waals surface area (Å²) in [6.45, 7) is 3.64. The smallest absolute Gasteiger partial charge is 0.272 e. The molecule has 1 fully saturated rings. The van der Waals surface area contributed by atoms with Crippen LogP contribution in [0.15, 0.2) is 60.8 Å². The molecule has 3 aromatic rings. The molecule has 1 saturated heterocycles. The Balaban J connectivity index is 1.54. The van der Waals surface area contributed by atoms with Crippen LogP contribution in [0.1, 0.15) is 23.0 Å². The van der Waals surface area contributed by atoms with Crippen molar-refractivity contribution in [2.75, 3.05) is 13.1 Å². The van der Waals surface area contributed by atoms with Gasteiger partial charge in [-0.3, -0.25) is 4.79 Å². The SMILES string of the molecule is CC1(c2ccccc2)CN(C(=O)c2ccc3cccnc3n2)C1. The van der Waals surface area contributed by atoms with E-state index in [-0.39, 0.29) is 11.3 Å². The fourth-order valence-corrected chi connectivity index (χ4v) is 3.20. The molecule has 3 heterocycles. The molecule has 2 aromatic heterocycles. The molecular formula is C19H17N3O. The third-order valence-electron chi connectivity index (χ3n) is 4.52. The van der Waals surface area contributed by atoms with Crippen LogP contribution in [0.25, 0.3) is 11.0 Å². The minimum absolute atomic E-state index is 0.0223. The van der Waals surface area contributed by atoms with Crippen molar-refractivity contribution in [3.8, 4) is 0 Å². The van der Waals surface area contributed by atoms with Gasteiger partial charge in [0.25, 0.3) is 5.91 Å². The number of hydrogen-bond acceptors (Lipinski definition) is 3. The molecule has 114 valence electrons. The number of carbonyl (C=O) groups excluding carboxylic acids is 1. The molecule has 4 rings (SSSR count). The van der Waals surface area contributed by atoms with Gasteiger partial charge < -0.3 is 4.90 Å². The lowest BCUT2D eigenvalue weighted by atomic mass is 9.75. The second kappa shape index (κ2) is 5.16. The molecule has 0 bridgehead atoms. The van der Waals surface area contributed by atoms with E-state index in [1.165, 1.54) is 5.56 Å². The van der Waals surface area contributed by atoms with Crippen molar-refractivity contribution in [2.45, 2.75) is 12.3 Å². The van der Waals surface area contributed by atoms with Crippen LogP contribution in [0.2, 0.25) is 0 Å². The zero-order chi connectivity index (χ0) is 15.9. The van der Waals surface area contributed by atoms with Crippen LogP contribution in [0.5, 0.6) is 0 Å². The van der Waals surface area contributed by atoms with E-state index >= 15 is 0 Å². The van der Waals surface area contributed by atoms with Gasteiger partial charge in [-0.25, -0.2) is 9.97 Å². The van der Waals surface area contributed by atoms with E-state index in [0.29, 0.717) is 11.3 Å². The molecule has 0 radical (unpaired) electrons. The molecule has 0 unspecified atom stereocenters. The summed E-state index contributed by atoms with van der Waals surface area (Å²) in [5, 5.41) is 0.946. The standard InChI is InChI=1S/C19H17N3O/c1-19(15-7-3-2-4-8-15)12-22(13-19)18(23)16-10-9-14-6-5-11-20-17(14)21-16/h2-11H,12-13H2,1H3. The maximum Gasteiger partial charge on any atom is 0.272 e. The second-order valence-electron chi connectivity index (χ2n) is 6.33. The fourth-order valence-electron chi connectivity index (χ4n) is 3.20. The van der Waals surface area contributed by atoms with Crippen LogP contribution in [0, 0.1) is 0 Å². The van der Waals surface area contributed by atoms with E-state index in [0.717, 1.165) is 18.5 Å². The summed E-state index contributed by atoms with van der Waals surface area (Å²) in [6.07, 6.45) is 1.69. The van der Waals surface area contributed by atoms with Crippen molar-refractivity contribution in [3.05, 3.63) is 72.1 Å². The van der Waals surface area contributed by atoms with Gasteiger partial charge in [-0.2, -0.15) is 0 Å². The molecule has 0 N–H and O–H groups in total. The first-order valence-electron chi connectivity index (χ1n) is 7.72. The number of hydrogen-bond donors (Lipinski definition) is 0. The number of amides is 1. The van der Waals surface area contributed by atoms with E-state index < -0.39 is 0 Å². The van der Waals surface area contributed by atoms with Crippen LogP contribution < -0.4 is 0 Å². The second-order valence-corrected chi connectivity index (χ2v) is 6.33. The summed E-state index contributed by atoms with van der Waals surface area (Å²) >= 11 is 0. The van der Waals surface area contributed by atoms with Crippen LogP contribution in [-0.4, -0.2) is 33.9 Å². The fraction of sp³-hybridized carbons (Fsp3) is 0.211. The highest BCUT2D eigenvalue weighted by Gasteiger charge is 2.42. The summed E-state index contributed by atoms with van der Waals surface area (Å²) in [5.41, 5.74) is 2.39. The molecular weight excluding hydrogens is 286 g/mol. The van der Waals surface area contributed by atoms with Crippen LogP contribution in [0.3, 0.4) is 0 Å². The van der Waals surface area contributed by atoms with E-state index in [9.17, 15) is 4.79 Å². The topological polar surface area (TPSA) is 46.1 Å². The number of fused-ring (bicyclic) bond motifs is 1. The average molecular weight is 303 g/mol. The van der Waals surface area contributed by atoms with E-state index in [1.54, 1.807) is 12.3 Å². The van der Waals surface area contributed by atoms with Gasteiger partial charge in [0.2, 0.25) is 0 Å². The normalized spacial score (nSPS) is 16.1. The van der Waals surface area contributed by atoms with Crippen molar-refractivity contribution < 1.29 is 4.79 Å². The zero-order valence-corrected chi connectivity index (χ0v) is 12.9. The first kappa shape index (κ1) is 13.9. The Hall–Kier alpha value is -2.75. The van der Waals surface area contributed by atoms with Gasteiger partial charge in [0, 0.05) is 30.1 Å². The van der Waals surface area contributed by atoms with E-state index in [2.05, 4.69) is 29.0 Å². The summed E-state index contributed by atoms with van der Waals surface area (Å²) in [4.78, 5) is 23.1. The van der Waals surface area contributed by atoms with Gasteiger partial charge in [0.15, 0.2) is 5.65 Å². The van der Waals surface area contributed by atoms with Crippen LogP contribution in [-0.2, 0) is 5.41 Å². The number of rotatable bonds is 2. The number of pyridine rings is 2. The molecule has 23 heavy (non-hydrogen) atoms. The van der Waals surface area contributed by atoms with Crippen molar-refractivity contribution in [2.24, 2.45) is 0 Å². The Morgan fingerprint density at radius 2 is 1.83 bits per heavy atom. The Morgan fingerprint density at radius 3 is 2.61 bits per heavy atom. The van der Waals surface area contributed by atoms with E-state index in [1.807, 2.05) is 41.3 Å². The van der Waals surface area contributed by atoms with Crippen molar-refractivity contribution >= 4 is 16.9 Å². The van der Waals surface area contributed by atoms with Gasteiger partial charge in [0.1, 0.15) is 5.69 Å². The average Bonchev–Trinajstić information content (AvgIpc) is 2.58. The van der Waals surface area contributed by atoms with Gasteiger partial charge >= 0.3 is 0 Å². The first-order valence-corrected chi connectivity index (χ1v) is 7.72. The minimum atomic E-state index is -0.0223. The minimum Gasteiger partial charge on any atom is -0.335 e. The number of benzene rings is 1. The molecule has 0 aliphatic carbocycles. The summed E-state index contributed by atoms with van der Waals surface area (Å²) in [5.74, 6) is -0.0223. The Morgan fingerprint density at radius 1 is 1.04 bits per heavy atom. The van der Waals surface area contributed by atoms with E-state index in [4.69, 9.17) is 0 Å². The quantitative estimate of drug-likeness (QED) is 0.731. The Bertz CT molecular complexity index is 870. The monoisotopic (exact) mass is 303 g/mol. The number of likely N-dealkylation sites (tertiary alicyclic amines) is 1. The molecule has 0 spiro atoms. The zero-order valence-electron chi connectivity index (χ0n) is 12.9. The predicted molar refractivity (Wildman–Crippen MR) is 89.2 cm³/mol. The molecule has 1 aliphatic rings. The molecule has 1 aliphatic heterocycles. The van der Waals surface area contributed by atoms with Gasteiger partial charge in [-0.1, -0.05) is 37.3 Å². The van der Waals surface area contributed by atoms with Crippen LogP contribution >= 0.6 is 0 Å². The van der Waals surface area contributed by atoms with Crippen LogP contribution in [0.4, 0.5) is 0 Å². The molecule has 1 amide bonds. The highest BCUT2D eigenvalue weighted by molar-refractivity contribution is 5.95. The first-order chi connectivity index (χ1) is 11.2. The number of aromatic nitrogens is 2. The molecule has 4 nitrogen and oxygen atoms in total. The lowest BCUT2D eigenvalue weighted by Gasteiger charge is -2.48. The third kappa shape index (κ3) is 2.36. The Kier molecular flexibility index (Phi) is 3.11. The van der Waals surface area contributed by atoms with Crippen molar-refractivity contribution in [1.29, 1.82) is 0 Å². The summed E-state index contributed by atoms with van der Waals surface area (Å²) < 4.78 is 0. The maximum atomic E-state index is 12.6. The predicted octanol–water partition coefficient (Wildman–Crippen LogP) is 3.04. The summed E-state index contributed by atoms with van der Waals surface area (Å²) in [6, 6.07) is 17.8. The highest BCUT2D eigenvalue weighted by atomic mass is 16.2. The number of carbonyl (C=O) groups is 1. The molecule has 0 saturated carbocycles. The lowest BCUT2D eigenvalue weighted by Crippen LogP contribution is -2.59. The molecule has 4 heteroatoms. The highest BCUT2D eigenvalue weighted by Crippen LogP contribution is 2.34.